The van der Waals surface area contributed by atoms with Crippen molar-refractivity contribution in [3.8, 4) is 5.75 Å². The van der Waals surface area contributed by atoms with Crippen LogP contribution in [0, 0.1) is 0 Å². The molecule has 2 heteroatoms. The van der Waals surface area contributed by atoms with Gasteiger partial charge in [0.25, 0.3) is 0 Å². The van der Waals surface area contributed by atoms with Gasteiger partial charge in [-0.25, -0.2) is 0 Å². The van der Waals surface area contributed by atoms with E-state index in [-0.39, 0.29) is 0 Å². The molecule has 0 saturated carbocycles. The summed E-state index contributed by atoms with van der Waals surface area (Å²) in [5.41, 5.74) is 4.46. The molecule has 0 aliphatic rings. The number of benzene rings is 3. The largest absolute Gasteiger partial charge is 0.508 e. The first-order valence-corrected chi connectivity index (χ1v) is 7.79. The maximum absolute atomic E-state index is 10.3. The zero-order valence-corrected chi connectivity index (χ0v) is 13.1. The lowest BCUT2D eigenvalue weighted by molar-refractivity contribution is 0.468. The van der Waals surface area contributed by atoms with E-state index < -0.39 is 0 Å². The Hall–Kier alpha value is -2.19. The average Bonchev–Trinajstić information content (AvgIpc) is 2.56. The third-order valence-electron chi connectivity index (χ3n) is 3.83. The van der Waals surface area contributed by atoms with Gasteiger partial charge in [0.05, 0.1) is 0 Å². The van der Waals surface area contributed by atoms with Gasteiger partial charge in [-0.1, -0.05) is 60.7 Å². The van der Waals surface area contributed by atoms with Crippen molar-refractivity contribution in [2.45, 2.75) is 17.7 Å². The van der Waals surface area contributed by atoms with E-state index in [1.807, 2.05) is 42.5 Å². The third kappa shape index (κ3) is 3.34. The first kappa shape index (κ1) is 14.7. The summed E-state index contributed by atoms with van der Waals surface area (Å²) in [5.74, 6) is 0.340. The van der Waals surface area contributed by atoms with E-state index in [4.69, 9.17) is 0 Å². The van der Waals surface area contributed by atoms with Crippen LogP contribution in [0.3, 0.4) is 0 Å². The Morgan fingerprint density at radius 1 is 0.636 bits per heavy atom. The molecule has 0 aliphatic carbocycles. The highest BCUT2D eigenvalue weighted by Gasteiger charge is 2.12. The van der Waals surface area contributed by atoms with Gasteiger partial charge in [-0.05, 0) is 35.2 Å². The van der Waals surface area contributed by atoms with E-state index in [0.717, 1.165) is 22.4 Å². The molecular formula is C20H18OS. The SMILES string of the molecule is Oc1ccc(S)c(Cc2ccccc2)c1Cc1ccccc1. The Morgan fingerprint density at radius 3 is 1.68 bits per heavy atom. The van der Waals surface area contributed by atoms with Gasteiger partial charge >= 0.3 is 0 Å². The quantitative estimate of drug-likeness (QED) is 0.659. The summed E-state index contributed by atoms with van der Waals surface area (Å²) in [6, 6.07) is 24.1. The summed E-state index contributed by atoms with van der Waals surface area (Å²) in [5, 5.41) is 10.3. The van der Waals surface area contributed by atoms with E-state index in [0.29, 0.717) is 12.2 Å². The predicted molar refractivity (Wildman–Crippen MR) is 93.9 cm³/mol. The molecular weight excluding hydrogens is 288 g/mol. The number of aromatic hydroxyl groups is 1. The number of hydrogen-bond acceptors (Lipinski definition) is 2. The highest BCUT2D eigenvalue weighted by Crippen LogP contribution is 2.31. The highest BCUT2D eigenvalue weighted by molar-refractivity contribution is 7.80. The fourth-order valence-electron chi connectivity index (χ4n) is 2.66. The molecule has 110 valence electrons. The lowest BCUT2D eigenvalue weighted by atomic mass is 9.94. The van der Waals surface area contributed by atoms with Crippen LogP contribution in [0.25, 0.3) is 0 Å². The molecule has 0 heterocycles. The van der Waals surface area contributed by atoms with Crippen molar-refractivity contribution in [1.29, 1.82) is 0 Å². The lowest BCUT2D eigenvalue weighted by Crippen LogP contribution is -1.99. The van der Waals surface area contributed by atoms with Crippen LogP contribution in [0.5, 0.6) is 5.75 Å². The van der Waals surface area contributed by atoms with Crippen molar-refractivity contribution in [1.82, 2.24) is 0 Å². The van der Waals surface area contributed by atoms with E-state index in [1.165, 1.54) is 11.1 Å². The van der Waals surface area contributed by atoms with Gasteiger partial charge in [0.1, 0.15) is 5.75 Å². The van der Waals surface area contributed by atoms with E-state index in [1.54, 1.807) is 6.07 Å². The normalized spacial score (nSPS) is 10.6. The lowest BCUT2D eigenvalue weighted by Gasteiger charge is -2.14. The second-order valence-corrected chi connectivity index (χ2v) is 5.87. The fraction of sp³-hybridized carbons (Fsp3) is 0.100. The van der Waals surface area contributed by atoms with E-state index in [9.17, 15) is 5.11 Å². The van der Waals surface area contributed by atoms with Crippen molar-refractivity contribution >= 4 is 12.6 Å². The molecule has 3 aromatic carbocycles. The van der Waals surface area contributed by atoms with Gasteiger partial charge in [0.15, 0.2) is 0 Å². The predicted octanol–water partition coefficient (Wildman–Crippen LogP) is 4.86. The van der Waals surface area contributed by atoms with Gasteiger partial charge in [0, 0.05) is 16.9 Å². The molecule has 0 amide bonds. The summed E-state index contributed by atoms with van der Waals surface area (Å²) < 4.78 is 0. The molecule has 0 aliphatic heterocycles. The van der Waals surface area contributed by atoms with Crippen LogP contribution in [0.2, 0.25) is 0 Å². The molecule has 3 aromatic rings. The Kier molecular flexibility index (Phi) is 4.50. The Morgan fingerprint density at radius 2 is 1.14 bits per heavy atom. The Labute approximate surface area is 136 Å². The summed E-state index contributed by atoms with van der Waals surface area (Å²) in [7, 11) is 0. The van der Waals surface area contributed by atoms with Crippen LogP contribution in [-0.2, 0) is 12.8 Å². The number of phenols is 1. The minimum Gasteiger partial charge on any atom is -0.508 e. The monoisotopic (exact) mass is 306 g/mol. The standard InChI is InChI=1S/C20H18OS/c21-19-11-12-20(22)18(14-16-9-5-2-6-10-16)17(19)13-15-7-3-1-4-8-15/h1-12,21-22H,13-14H2. The second-order valence-electron chi connectivity index (χ2n) is 5.39. The van der Waals surface area contributed by atoms with Crippen molar-refractivity contribution < 1.29 is 5.11 Å². The first-order chi connectivity index (χ1) is 10.7. The number of phenolic OH excluding ortho intramolecular Hbond substituents is 1. The van der Waals surface area contributed by atoms with Crippen LogP contribution in [0.15, 0.2) is 77.7 Å². The molecule has 0 fully saturated rings. The number of rotatable bonds is 4. The maximum atomic E-state index is 10.3. The van der Waals surface area contributed by atoms with Crippen molar-refractivity contribution in [3.63, 3.8) is 0 Å². The summed E-state index contributed by atoms with van der Waals surface area (Å²) >= 11 is 4.60. The van der Waals surface area contributed by atoms with Crippen LogP contribution >= 0.6 is 12.6 Å². The van der Waals surface area contributed by atoms with Crippen LogP contribution in [-0.4, -0.2) is 5.11 Å². The number of thiol groups is 1. The van der Waals surface area contributed by atoms with Crippen molar-refractivity contribution in [2.75, 3.05) is 0 Å². The molecule has 0 aromatic heterocycles. The fourth-order valence-corrected chi connectivity index (χ4v) is 2.95. The average molecular weight is 306 g/mol. The Balaban J connectivity index is 1.99. The highest BCUT2D eigenvalue weighted by atomic mass is 32.1. The Bertz CT molecular complexity index is 685. The zero-order valence-electron chi connectivity index (χ0n) is 12.2. The topological polar surface area (TPSA) is 20.2 Å². The molecule has 0 atom stereocenters. The third-order valence-corrected chi connectivity index (χ3v) is 4.25. The zero-order chi connectivity index (χ0) is 15.4. The molecule has 0 radical (unpaired) electrons. The summed E-state index contributed by atoms with van der Waals surface area (Å²) in [4.78, 5) is 0.924. The van der Waals surface area contributed by atoms with Gasteiger partial charge < -0.3 is 5.11 Å². The smallest absolute Gasteiger partial charge is 0.119 e. The van der Waals surface area contributed by atoms with Crippen LogP contribution in [0.1, 0.15) is 22.3 Å². The summed E-state index contributed by atoms with van der Waals surface area (Å²) in [6.07, 6.45) is 1.49. The van der Waals surface area contributed by atoms with Gasteiger partial charge in [-0.15, -0.1) is 12.6 Å². The van der Waals surface area contributed by atoms with Crippen LogP contribution in [0.4, 0.5) is 0 Å². The molecule has 0 saturated heterocycles. The van der Waals surface area contributed by atoms with Crippen LogP contribution < -0.4 is 0 Å². The van der Waals surface area contributed by atoms with Gasteiger partial charge in [0.2, 0.25) is 0 Å². The van der Waals surface area contributed by atoms with Crippen molar-refractivity contribution in [3.05, 3.63) is 95.1 Å². The second kappa shape index (κ2) is 6.71. The molecule has 0 unspecified atom stereocenters. The minimum absolute atomic E-state index is 0.340. The molecule has 1 nitrogen and oxygen atoms in total. The van der Waals surface area contributed by atoms with E-state index in [2.05, 4.69) is 36.9 Å². The summed E-state index contributed by atoms with van der Waals surface area (Å²) in [6.45, 7) is 0. The molecule has 3 rings (SSSR count). The number of hydrogen-bond donors (Lipinski definition) is 2. The van der Waals surface area contributed by atoms with E-state index >= 15 is 0 Å². The first-order valence-electron chi connectivity index (χ1n) is 7.34. The molecule has 22 heavy (non-hydrogen) atoms. The molecule has 0 spiro atoms. The molecule has 0 bridgehead atoms. The van der Waals surface area contributed by atoms with Crippen molar-refractivity contribution in [2.24, 2.45) is 0 Å². The van der Waals surface area contributed by atoms with Gasteiger partial charge in [-0.2, -0.15) is 0 Å². The maximum Gasteiger partial charge on any atom is 0.119 e. The minimum atomic E-state index is 0.340. The van der Waals surface area contributed by atoms with Gasteiger partial charge in [-0.3, -0.25) is 0 Å². The molecule has 1 N–H and O–H groups in total.